The molecule has 0 atom stereocenters. The Hall–Kier alpha value is -1.68. The van der Waals surface area contributed by atoms with Gasteiger partial charge in [-0.1, -0.05) is 0 Å². The Kier molecular flexibility index (Phi) is 3.34. The largest absolute Gasteiger partial charge is 0.393 e. The minimum absolute atomic E-state index is 0.120. The molecule has 4 heteroatoms. The van der Waals surface area contributed by atoms with Crippen LogP contribution in [0.5, 0.6) is 0 Å². The fourth-order valence-electron chi connectivity index (χ4n) is 2.81. The molecule has 0 saturated heterocycles. The molecular weight excluding hydrogens is 238 g/mol. The van der Waals surface area contributed by atoms with Crippen molar-refractivity contribution in [3.05, 3.63) is 36.0 Å². The second kappa shape index (κ2) is 5.13. The van der Waals surface area contributed by atoms with Gasteiger partial charge in [0.2, 0.25) is 0 Å². The van der Waals surface area contributed by atoms with Gasteiger partial charge in [-0.15, -0.1) is 0 Å². The van der Waals surface area contributed by atoms with Crippen LogP contribution in [-0.4, -0.2) is 26.2 Å². The van der Waals surface area contributed by atoms with E-state index in [1.807, 2.05) is 18.3 Å². The molecule has 0 amide bonds. The van der Waals surface area contributed by atoms with Crippen molar-refractivity contribution in [3.63, 3.8) is 0 Å². The summed E-state index contributed by atoms with van der Waals surface area (Å²) in [5.41, 5.74) is 3.14. The van der Waals surface area contributed by atoms with Gasteiger partial charge in [0.15, 0.2) is 0 Å². The van der Waals surface area contributed by atoms with E-state index in [0.717, 1.165) is 48.5 Å². The summed E-state index contributed by atoms with van der Waals surface area (Å²) in [6.07, 6.45) is 7.29. The molecule has 2 aromatic heterocycles. The summed E-state index contributed by atoms with van der Waals surface area (Å²) in [5, 5.41) is 9.57. The van der Waals surface area contributed by atoms with Gasteiger partial charge >= 0.3 is 0 Å². The summed E-state index contributed by atoms with van der Waals surface area (Å²) in [7, 11) is 0. The molecule has 2 N–H and O–H groups in total. The highest BCUT2D eigenvalue weighted by molar-refractivity contribution is 5.60. The number of pyridine rings is 1. The molecule has 0 unspecified atom stereocenters. The smallest absolute Gasteiger partial charge is 0.110 e. The Morgan fingerprint density at radius 3 is 2.74 bits per heavy atom. The van der Waals surface area contributed by atoms with Crippen LogP contribution >= 0.6 is 0 Å². The number of hydrogen-bond donors (Lipinski definition) is 2. The molecule has 1 fully saturated rings. The topological polar surface area (TPSA) is 61.8 Å². The number of aromatic nitrogens is 3. The van der Waals surface area contributed by atoms with Crippen LogP contribution in [0.15, 0.2) is 24.5 Å². The van der Waals surface area contributed by atoms with Crippen molar-refractivity contribution in [2.75, 3.05) is 0 Å². The van der Waals surface area contributed by atoms with Gasteiger partial charge in [0, 0.05) is 29.6 Å². The van der Waals surface area contributed by atoms with E-state index in [0.29, 0.717) is 5.92 Å². The lowest BCUT2D eigenvalue weighted by Crippen LogP contribution is -2.17. The monoisotopic (exact) mass is 257 g/mol. The molecule has 1 saturated carbocycles. The molecule has 2 heterocycles. The molecule has 1 aliphatic carbocycles. The maximum absolute atomic E-state index is 9.57. The third-order valence-corrected chi connectivity index (χ3v) is 3.92. The molecule has 0 aliphatic heterocycles. The first-order valence-electron chi connectivity index (χ1n) is 6.89. The minimum atomic E-state index is -0.120. The molecule has 1 aliphatic rings. The van der Waals surface area contributed by atoms with Crippen molar-refractivity contribution in [3.8, 4) is 11.3 Å². The quantitative estimate of drug-likeness (QED) is 0.869. The lowest BCUT2D eigenvalue weighted by atomic mass is 9.87. The van der Waals surface area contributed by atoms with Crippen LogP contribution < -0.4 is 0 Å². The van der Waals surface area contributed by atoms with Crippen LogP contribution in [0.4, 0.5) is 0 Å². The van der Waals surface area contributed by atoms with E-state index in [1.165, 1.54) is 0 Å². The molecule has 4 nitrogen and oxygen atoms in total. The first kappa shape index (κ1) is 12.4. The van der Waals surface area contributed by atoms with Crippen molar-refractivity contribution in [2.24, 2.45) is 0 Å². The van der Waals surface area contributed by atoms with E-state index >= 15 is 0 Å². The van der Waals surface area contributed by atoms with Gasteiger partial charge in [0.1, 0.15) is 5.82 Å². The number of aliphatic hydroxyl groups is 1. The number of imidazole rings is 1. The van der Waals surface area contributed by atoms with Crippen LogP contribution in [-0.2, 0) is 0 Å². The predicted octanol–water partition coefficient (Wildman–Crippen LogP) is 2.80. The molecule has 0 bridgehead atoms. The van der Waals surface area contributed by atoms with E-state index in [9.17, 15) is 5.11 Å². The molecule has 0 aromatic carbocycles. The van der Waals surface area contributed by atoms with E-state index in [1.54, 1.807) is 6.20 Å². The summed E-state index contributed by atoms with van der Waals surface area (Å²) in [6.45, 7) is 2.05. The average molecular weight is 257 g/mol. The fourth-order valence-corrected chi connectivity index (χ4v) is 2.81. The number of rotatable bonds is 2. The van der Waals surface area contributed by atoms with Gasteiger partial charge < -0.3 is 10.1 Å². The van der Waals surface area contributed by atoms with Crippen LogP contribution in [0, 0.1) is 6.92 Å². The maximum atomic E-state index is 9.57. The second-order valence-electron chi connectivity index (χ2n) is 5.34. The Labute approximate surface area is 112 Å². The zero-order valence-electron chi connectivity index (χ0n) is 11.1. The van der Waals surface area contributed by atoms with Crippen molar-refractivity contribution >= 4 is 0 Å². The minimum Gasteiger partial charge on any atom is -0.393 e. The number of nitrogens with one attached hydrogen (secondary N) is 1. The number of aryl methyl sites for hydroxylation is 1. The number of aliphatic hydroxyl groups excluding tert-OH is 1. The standard InChI is InChI=1S/C15H19N3O/c1-10-14(12-3-2-8-16-9-12)18-15(17-10)11-4-6-13(19)7-5-11/h2-3,8-9,11,13,19H,4-7H2,1H3,(H,17,18). The molecule has 3 rings (SSSR count). The van der Waals surface area contributed by atoms with Crippen LogP contribution in [0.2, 0.25) is 0 Å². The summed E-state index contributed by atoms with van der Waals surface area (Å²) in [5.74, 6) is 1.51. The Morgan fingerprint density at radius 2 is 2.05 bits per heavy atom. The second-order valence-corrected chi connectivity index (χ2v) is 5.34. The molecular formula is C15H19N3O. The highest BCUT2D eigenvalue weighted by Crippen LogP contribution is 2.33. The molecule has 0 radical (unpaired) electrons. The van der Waals surface area contributed by atoms with E-state index < -0.39 is 0 Å². The van der Waals surface area contributed by atoms with Crippen LogP contribution in [0.25, 0.3) is 11.3 Å². The first-order valence-corrected chi connectivity index (χ1v) is 6.89. The maximum Gasteiger partial charge on any atom is 0.110 e. The van der Waals surface area contributed by atoms with Gasteiger partial charge in [-0.2, -0.15) is 0 Å². The van der Waals surface area contributed by atoms with E-state index in [-0.39, 0.29) is 6.10 Å². The molecule has 100 valence electrons. The van der Waals surface area contributed by atoms with E-state index in [4.69, 9.17) is 4.98 Å². The average Bonchev–Trinajstić information content (AvgIpc) is 2.83. The van der Waals surface area contributed by atoms with Crippen molar-refractivity contribution in [1.29, 1.82) is 0 Å². The van der Waals surface area contributed by atoms with E-state index in [2.05, 4.69) is 16.9 Å². The Morgan fingerprint density at radius 1 is 1.26 bits per heavy atom. The van der Waals surface area contributed by atoms with Crippen molar-refractivity contribution < 1.29 is 5.11 Å². The number of H-pyrrole nitrogens is 1. The van der Waals surface area contributed by atoms with Crippen LogP contribution in [0.3, 0.4) is 0 Å². The number of aromatic amines is 1. The Balaban J connectivity index is 1.85. The third-order valence-electron chi connectivity index (χ3n) is 3.92. The van der Waals surface area contributed by atoms with Crippen molar-refractivity contribution in [1.82, 2.24) is 15.0 Å². The van der Waals surface area contributed by atoms with Gasteiger partial charge in [-0.05, 0) is 44.7 Å². The highest BCUT2D eigenvalue weighted by atomic mass is 16.3. The Bertz CT molecular complexity index is 542. The first-order chi connectivity index (χ1) is 9.24. The predicted molar refractivity (Wildman–Crippen MR) is 73.8 cm³/mol. The summed E-state index contributed by atoms with van der Waals surface area (Å²) in [4.78, 5) is 12.3. The number of hydrogen-bond acceptors (Lipinski definition) is 3. The highest BCUT2D eigenvalue weighted by Gasteiger charge is 2.24. The fraction of sp³-hybridized carbons (Fsp3) is 0.467. The molecule has 0 spiro atoms. The SMILES string of the molecule is Cc1[nH]c(C2CCC(O)CC2)nc1-c1cccnc1. The summed E-state index contributed by atoms with van der Waals surface area (Å²) >= 11 is 0. The van der Waals surface area contributed by atoms with Gasteiger partial charge in [0.05, 0.1) is 11.8 Å². The normalized spacial score (nSPS) is 23.5. The molecule has 19 heavy (non-hydrogen) atoms. The lowest BCUT2D eigenvalue weighted by molar-refractivity contribution is 0.121. The van der Waals surface area contributed by atoms with Crippen molar-refractivity contribution in [2.45, 2.75) is 44.6 Å². The zero-order chi connectivity index (χ0) is 13.2. The summed E-state index contributed by atoms with van der Waals surface area (Å²) in [6, 6.07) is 3.96. The summed E-state index contributed by atoms with van der Waals surface area (Å²) < 4.78 is 0. The molecule has 2 aromatic rings. The van der Waals surface area contributed by atoms with Crippen LogP contribution in [0.1, 0.15) is 43.1 Å². The van der Waals surface area contributed by atoms with Gasteiger partial charge in [0.25, 0.3) is 0 Å². The van der Waals surface area contributed by atoms with Gasteiger partial charge in [-0.3, -0.25) is 4.98 Å². The third kappa shape index (κ3) is 2.54. The lowest BCUT2D eigenvalue weighted by Gasteiger charge is -2.23. The zero-order valence-corrected chi connectivity index (χ0v) is 11.1. The van der Waals surface area contributed by atoms with Gasteiger partial charge in [-0.25, -0.2) is 4.98 Å². The number of nitrogens with zero attached hydrogens (tertiary/aromatic N) is 2.